The van der Waals surface area contributed by atoms with Crippen LogP contribution in [0.3, 0.4) is 0 Å². The quantitative estimate of drug-likeness (QED) is 0.279. The van der Waals surface area contributed by atoms with Crippen molar-refractivity contribution in [1.29, 1.82) is 0 Å². The van der Waals surface area contributed by atoms with Crippen LogP contribution in [-0.4, -0.2) is 22.6 Å². The number of aryl methyl sites for hydroxylation is 2. The van der Waals surface area contributed by atoms with Gasteiger partial charge in [-0.2, -0.15) is 0 Å². The summed E-state index contributed by atoms with van der Waals surface area (Å²) in [5.41, 5.74) is 9.21. The van der Waals surface area contributed by atoms with Crippen molar-refractivity contribution in [3.63, 3.8) is 0 Å². The predicted octanol–water partition coefficient (Wildman–Crippen LogP) is 4.34. The van der Waals surface area contributed by atoms with Gasteiger partial charge < -0.3 is 10.3 Å². The van der Waals surface area contributed by atoms with Gasteiger partial charge in [0.05, 0.1) is 0 Å². The fourth-order valence-electron chi connectivity index (χ4n) is 4.44. The van der Waals surface area contributed by atoms with Gasteiger partial charge in [-0.3, -0.25) is 10.0 Å². The zero-order valence-electron chi connectivity index (χ0n) is 17.2. The number of allylic oxidation sites excluding steroid dienone is 1. The summed E-state index contributed by atoms with van der Waals surface area (Å²) in [5.74, 6) is -0.739. The average molecular weight is 407 g/mol. The van der Waals surface area contributed by atoms with Crippen molar-refractivity contribution in [2.45, 2.75) is 39.2 Å². The van der Waals surface area contributed by atoms with Crippen LogP contribution in [0.25, 0.3) is 16.5 Å². The first kappa shape index (κ1) is 20.3. The summed E-state index contributed by atoms with van der Waals surface area (Å²) in [5, 5.41) is 13.3. The second-order valence-electron chi connectivity index (χ2n) is 7.93. The van der Waals surface area contributed by atoms with E-state index in [0.717, 1.165) is 59.1 Å². The standard InChI is InChI=1S/C24H26FN3O2/c1-14(11-24(29)28-30)16-3-6-20-17(12-16)4-7-22(20)26-10-9-19-15(2)27-23-8-5-18(25)13-21(19)23/h3,5-6,8,11-13,22,26-27,30H,4,7,9-10H2,1-2H3,(H,28,29)/b14-11+. The third-order valence-electron chi connectivity index (χ3n) is 5.98. The Morgan fingerprint density at radius 2 is 2.13 bits per heavy atom. The lowest BCUT2D eigenvalue weighted by atomic mass is 10.00. The summed E-state index contributed by atoms with van der Waals surface area (Å²) in [7, 11) is 0. The molecule has 1 amide bonds. The number of benzene rings is 2. The van der Waals surface area contributed by atoms with E-state index in [1.54, 1.807) is 17.6 Å². The molecule has 156 valence electrons. The molecule has 4 rings (SSSR count). The Bertz CT molecular complexity index is 1130. The second kappa shape index (κ2) is 8.42. The number of fused-ring (bicyclic) bond motifs is 2. The molecule has 0 saturated carbocycles. The monoisotopic (exact) mass is 407 g/mol. The van der Waals surface area contributed by atoms with Gasteiger partial charge in [0.2, 0.25) is 0 Å². The summed E-state index contributed by atoms with van der Waals surface area (Å²) in [6.45, 7) is 4.70. The molecule has 0 radical (unpaired) electrons. The molecular formula is C24H26FN3O2. The van der Waals surface area contributed by atoms with E-state index in [2.05, 4.69) is 22.4 Å². The third kappa shape index (κ3) is 4.01. The van der Waals surface area contributed by atoms with Crippen LogP contribution in [0.1, 0.15) is 47.3 Å². The zero-order chi connectivity index (χ0) is 21.3. The molecule has 4 N–H and O–H groups in total. The van der Waals surface area contributed by atoms with Gasteiger partial charge in [0, 0.05) is 28.7 Å². The van der Waals surface area contributed by atoms with Crippen molar-refractivity contribution in [1.82, 2.24) is 15.8 Å². The first-order chi connectivity index (χ1) is 14.5. The number of amides is 1. The number of carbonyl (C=O) groups excluding carboxylic acids is 1. The van der Waals surface area contributed by atoms with E-state index in [9.17, 15) is 9.18 Å². The van der Waals surface area contributed by atoms with Crippen molar-refractivity contribution >= 4 is 22.4 Å². The Hall–Kier alpha value is -2.96. The lowest BCUT2D eigenvalue weighted by Gasteiger charge is -2.15. The van der Waals surface area contributed by atoms with Crippen LogP contribution in [0.15, 0.2) is 42.5 Å². The molecular weight excluding hydrogens is 381 g/mol. The number of aromatic nitrogens is 1. The van der Waals surface area contributed by atoms with E-state index >= 15 is 0 Å². The van der Waals surface area contributed by atoms with Crippen LogP contribution in [0.5, 0.6) is 0 Å². The highest BCUT2D eigenvalue weighted by Gasteiger charge is 2.22. The predicted molar refractivity (Wildman–Crippen MR) is 116 cm³/mol. The summed E-state index contributed by atoms with van der Waals surface area (Å²) >= 11 is 0. The molecule has 1 heterocycles. The number of H-pyrrole nitrogens is 1. The van der Waals surface area contributed by atoms with Crippen molar-refractivity contribution in [3.05, 3.63) is 76.2 Å². The molecule has 0 spiro atoms. The van der Waals surface area contributed by atoms with Gasteiger partial charge in [0.1, 0.15) is 5.82 Å². The number of hydroxylamine groups is 1. The number of nitrogens with one attached hydrogen (secondary N) is 3. The van der Waals surface area contributed by atoms with Gasteiger partial charge in [-0.15, -0.1) is 0 Å². The average Bonchev–Trinajstić information content (AvgIpc) is 3.28. The van der Waals surface area contributed by atoms with E-state index in [-0.39, 0.29) is 5.82 Å². The van der Waals surface area contributed by atoms with Crippen molar-refractivity contribution in [2.75, 3.05) is 6.54 Å². The Labute approximate surface area is 175 Å². The maximum atomic E-state index is 13.7. The van der Waals surface area contributed by atoms with Crippen molar-refractivity contribution < 1.29 is 14.4 Å². The van der Waals surface area contributed by atoms with Crippen molar-refractivity contribution in [3.8, 4) is 0 Å². The van der Waals surface area contributed by atoms with Crippen LogP contribution in [-0.2, 0) is 17.6 Å². The summed E-state index contributed by atoms with van der Waals surface area (Å²) in [6, 6.07) is 11.4. The molecule has 6 heteroatoms. The molecule has 5 nitrogen and oxygen atoms in total. The Kier molecular flexibility index (Phi) is 5.70. The first-order valence-electron chi connectivity index (χ1n) is 10.2. The number of aromatic amines is 1. The molecule has 1 aliphatic rings. The van der Waals surface area contributed by atoms with Crippen LogP contribution in [0.4, 0.5) is 4.39 Å². The minimum atomic E-state index is -0.528. The fraction of sp³-hybridized carbons (Fsp3) is 0.292. The molecule has 2 aromatic carbocycles. The van der Waals surface area contributed by atoms with Crippen LogP contribution in [0.2, 0.25) is 0 Å². The minimum Gasteiger partial charge on any atom is -0.358 e. The molecule has 3 aromatic rings. The lowest BCUT2D eigenvalue weighted by molar-refractivity contribution is -0.124. The third-order valence-corrected chi connectivity index (χ3v) is 5.98. The largest absolute Gasteiger partial charge is 0.358 e. The molecule has 30 heavy (non-hydrogen) atoms. The van der Waals surface area contributed by atoms with E-state index in [1.165, 1.54) is 23.3 Å². The molecule has 0 saturated heterocycles. The maximum absolute atomic E-state index is 13.7. The van der Waals surface area contributed by atoms with Gasteiger partial charge in [0.15, 0.2) is 0 Å². The highest BCUT2D eigenvalue weighted by molar-refractivity contribution is 5.94. The number of hydrogen-bond acceptors (Lipinski definition) is 3. The minimum absolute atomic E-state index is 0.211. The highest BCUT2D eigenvalue weighted by Crippen LogP contribution is 2.33. The van der Waals surface area contributed by atoms with Gasteiger partial charge in [0.25, 0.3) is 5.91 Å². The highest BCUT2D eigenvalue weighted by atomic mass is 19.1. The summed E-state index contributed by atoms with van der Waals surface area (Å²) in [6.07, 6.45) is 4.23. The summed E-state index contributed by atoms with van der Waals surface area (Å²) in [4.78, 5) is 14.7. The van der Waals surface area contributed by atoms with Crippen LogP contribution in [0, 0.1) is 12.7 Å². The Balaban J connectivity index is 1.44. The normalized spacial score (nSPS) is 16.1. The molecule has 0 aliphatic heterocycles. The van der Waals surface area contributed by atoms with E-state index < -0.39 is 5.91 Å². The Morgan fingerprint density at radius 3 is 2.93 bits per heavy atom. The molecule has 1 aliphatic carbocycles. The van der Waals surface area contributed by atoms with Gasteiger partial charge in [-0.1, -0.05) is 18.2 Å². The SMILES string of the molecule is C/C(=C\C(=O)NO)c1ccc2c(c1)CCC2NCCc1c(C)[nH]c2ccc(F)cc12. The number of rotatable bonds is 6. The van der Waals surface area contributed by atoms with Gasteiger partial charge in [-0.25, -0.2) is 9.87 Å². The van der Waals surface area contributed by atoms with E-state index in [1.807, 2.05) is 19.9 Å². The van der Waals surface area contributed by atoms with Crippen LogP contribution >= 0.6 is 0 Å². The topological polar surface area (TPSA) is 77.2 Å². The number of carbonyl (C=O) groups is 1. The molecule has 1 unspecified atom stereocenters. The summed E-state index contributed by atoms with van der Waals surface area (Å²) < 4.78 is 13.7. The fourth-order valence-corrected chi connectivity index (χ4v) is 4.44. The maximum Gasteiger partial charge on any atom is 0.267 e. The van der Waals surface area contributed by atoms with E-state index in [4.69, 9.17) is 5.21 Å². The molecule has 0 fully saturated rings. The molecule has 1 atom stereocenters. The molecule has 1 aromatic heterocycles. The number of hydrogen-bond donors (Lipinski definition) is 4. The van der Waals surface area contributed by atoms with Gasteiger partial charge >= 0.3 is 0 Å². The first-order valence-corrected chi connectivity index (χ1v) is 10.2. The zero-order valence-corrected chi connectivity index (χ0v) is 17.2. The van der Waals surface area contributed by atoms with Crippen molar-refractivity contribution in [2.24, 2.45) is 0 Å². The van der Waals surface area contributed by atoms with E-state index in [0.29, 0.717) is 6.04 Å². The lowest BCUT2D eigenvalue weighted by Crippen LogP contribution is -2.22. The smallest absolute Gasteiger partial charge is 0.267 e. The Morgan fingerprint density at radius 1 is 1.30 bits per heavy atom. The van der Waals surface area contributed by atoms with Crippen LogP contribution < -0.4 is 10.8 Å². The molecule has 0 bridgehead atoms. The number of halogens is 1. The van der Waals surface area contributed by atoms with Gasteiger partial charge in [-0.05, 0) is 85.7 Å². The second-order valence-corrected chi connectivity index (χ2v) is 7.93.